The van der Waals surface area contributed by atoms with Crippen molar-refractivity contribution >= 4 is 52.4 Å². The van der Waals surface area contributed by atoms with Gasteiger partial charge in [-0.05, 0) is 36.8 Å². The first-order valence-corrected chi connectivity index (χ1v) is 11.3. The highest BCUT2D eigenvalue weighted by molar-refractivity contribution is 6.42. The summed E-state index contributed by atoms with van der Waals surface area (Å²) in [6.45, 7) is 4.88. The second kappa shape index (κ2) is 10.2. The van der Waals surface area contributed by atoms with Crippen LogP contribution in [0, 0.1) is 6.92 Å². The number of piperidine rings is 1. The Morgan fingerprint density at radius 2 is 1.82 bits per heavy atom. The topological polar surface area (TPSA) is 92.3 Å². The minimum atomic E-state index is -0.122. The summed E-state index contributed by atoms with van der Waals surface area (Å²) in [5.74, 6) is 1.52. The highest BCUT2D eigenvalue weighted by Gasteiger charge is 2.23. The smallest absolute Gasteiger partial charge is 0.232 e. The van der Waals surface area contributed by atoms with E-state index in [1.807, 2.05) is 37.3 Å². The van der Waals surface area contributed by atoms with Crippen molar-refractivity contribution in [3.8, 4) is 5.75 Å². The quantitative estimate of drug-likeness (QED) is 0.492. The van der Waals surface area contributed by atoms with Crippen molar-refractivity contribution in [2.45, 2.75) is 32.8 Å². The molecule has 0 aliphatic carbocycles. The van der Waals surface area contributed by atoms with Gasteiger partial charge in [0.05, 0.1) is 5.02 Å². The first-order valence-electron chi connectivity index (χ1n) is 10.6. The van der Waals surface area contributed by atoms with Gasteiger partial charge in [-0.1, -0.05) is 35.3 Å². The molecule has 0 saturated carbocycles. The van der Waals surface area contributed by atoms with Crippen LogP contribution >= 0.6 is 23.2 Å². The van der Waals surface area contributed by atoms with Gasteiger partial charge in [0, 0.05) is 44.2 Å². The molecule has 0 atom stereocenters. The molecule has 0 bridgehead atoms. The van der Waals surface area contributed by atoms with E-state index < -0.39 is 0 Å². The number of aromatic nitrogens is 3. The van der Waals surface area contributed by atoms with Crippen LogP contribution in [0.5, 0.6) is 5.75 Å². The molecule has 1 aliphatic rings. The molecule has 33 heavy (non-hydrogen) atoms. The Morgan fingerprint density at radius 3 is 2.58 bits per heavy atom. The number of amides is 1. The molecule has 1 amide bonds. The average molecular weight is 487 g/mol. The molecule has 4 rings (SSSR count). The molecule has 3 aromatic rings. The molecule has 172 valence electrons. The van der Waals surface area contributed by atoms with Crippen LogP contribution in [0.3, 0.4) is 0 Å². The van der Waals surface area contributed by atoms with Crippen molar-refractivity contribution in [2.24, 2.45) is 0 Å². The van der Waals surface area contributed by atoms with Gasteiger partial charge in [-0.15, -0.1) is 0 Å². The van der Waals surface area contributed by atoms with E-state index in [1.54, 1.807) is 6.07 Å². The zero-order valence-corrected chi connectivity index (χ0v) is 19.8. The number of benzene rings is 2. The van der Waals surface area contributed by atoms with Crippen LogP contribution in [0.25, 0.3) is 0 Å². The van der Waals surface area contributed by atoms with Gasteiger partial charge in [0.15, 0.2) is 0 Å². The SMILES string of the molecule is CC(=O)Nc1cccc(Nc2ncnc(N3CCC(Oc4cccc(Cl)c4Cl)CC3)n2)c1C. The summed E-state index contributed by atoms with van der Waals surface area (Å²) in [5, 5.41) is 6.97. The Hall–Kier alpha value is -3.10. The van der Waals surface area contributed by atoms with Crippen LogP contribution < -0.4 is 20.3 Å². The van der Waals surface area contributed by atoms with Crippen molar-refractivity contribution in [1.29, 1.82) is 0 Å². The van der Waals surface area contributed by atoms with E-state index in [0.717, 1.165) is 42.9 Å². The van der Waals surface area contributed by atoms with Gasteiger partial charge in [0.25, 0.3) is 0 Å². The Bertz CT molecular complexity index is 1150. The molecule has 2 aromatic carbocycles. The van der Waals surface area contributed by atoms with E-state index in [0.29, 0.717) is 27.7 Å². The third-order valence-electron chi connectivity index (χ3n) is 5.38. The van der Waals surface area contributed by atoms with Crippen LogP contribution in [0.4, 0.5) is 23.3 Å². The summed E-state index contributed by atoms with van der Waals surface area (Å²) >= 11 is 12.3. The maximum absolute atomic E-state index is 11.4. The van der Waals surface area contributed by atoms with E-state index in [1.165, 1.54) is 13.3 Å². The Balaban J connectivity index is 1.40. The van der Waals surface area contributed by atoms with Crippen molar-refractivity contribution in [3.63, 3.8) is 0 Å². The van der Waals surface area contributed by atoms with Crippen molar-refractivity contribution < 1.29 is 9.53 Å². The number of halogens is 2. The summed E-state index contributed by atoms with van der Waals surface area (Å²) in [7, 11) is 0. The van der Waals surface area contributed by atoms with Gasteiger partial charge < -0.3 is 20.3 Å². The van der Waals surface area contributed by atoms with E-state index in [9.17, 15) is 4.79 Å². The molecule has 10 heteroatoms. The first kappa shape index (κ1) is 23.1. The molecular weight excluding hydrogens is 463 g/mol. The fraction of sp³-hybridized carbons (Fsp3) is 0.304. The summed E-state index contributed by atoms with van der Waals surface area (Å²) in [5.41, 5.74) is 2.44. The lowest BCUT2D eigenvalue weighted by Gasteiger charge is -2.32. The molecule has 1 aliphatic heterocycles. The second-order valence-electron chi connectivity index (χ2n) is 7.75. The molecule has 2 heterocycles. The van der Waals surface area contributed by atoms with Gasteiger partial charge in [-0.2, -0.15) is 4.98 Å². The fourth-order valence-corrected chi connectivity index (χ4v) is 3.98. The summed E-state index contributed by atoms with van der Waals surface area (Å²) in [4.78, 5) is 26.7. The molecule has 0 unspecified atom stereocenters. The fourth-order valence-electron chi connectivity index (χ4n) is 3.65. The number of nitrogens with one attached hydrogen (secondary N) is 2. The van der Waals surface area contributed by atoms with E-state index in [2.05, 4.69) is 30.5 Å². The normalized spacial score (nSPS) is 14.1. The standard InChI is InChI=1S/C23H24Cl2N6O2/c1-14-18(28-15(2)32)6-4-7-19(14)29-22-26-13-27-23(30-22)31-11-9-16(10-12-31)33-20-8-3-5-17(24)21(20)25/h3-8,13,16H,9-12H2,1-2H3,(H,28,32)(H,26,27,29,30). The lowest BCUT2D eigenvalue weighted by Crippen LogP contribution is -2.39. The van der Waals surface area contributed by atoms with Gasteiger partial charge in [-0.25, -0.2) is 9.97 Å². The summed E-state index contributed by atoms with van der Waals surface area (Å²) < 4.78 is 6.07. The van der Waals surface area contributed by atoms with Crippen LogP contribution in [-0.2, 0) is 4.79 Å². The number of anilines is 4. The van der Waals surface area contributed by atoms with Gasteiger partial charge in [0.2, 0.25) is 17.8 Å². The lowest BCUT2D eigenvalue weighted by atomic mass is 10.1. The predicted molar refractivity (Wildman–Crippen MR) is 131 cm³/mol. The third kappa shape index (κ3) is 5.64. The highest BCUT2D eigenvalue weighted by Crippen LogP contribution is 2.33. The molecule has 1 aromatic heterocycles. The second-order valence-corrected chi connectivity index (χ2v) is 8.53. The largest absolute Gasteiger partial charge is 0.489 e. The number of carbonyl (C=O) groups excluding carboxylic acids is 1. The number of hydrogen-bond acceptors (Lipinski definition) is 7. The van der Waals surface area contributed by atoms with E-state index in [4.69, 9.17) is 27.9 Å². The van der Waals surface area contributed by atoms with Gasteiger partial charge >= 0.3 is 0 Å². The molecule has 2 N–H and O–H groups in total. The zero-order valence-electron chi connectivity index (χ0n) is 18.3. The summed E-state index contributed by atoms with van der Waals surface area (Å²) in [6, 6.07) is 11.0. The monoisotopic (exact) mass is 486 g/mol. The van der Waals surface area contributed by atoms with Crippen LogP contribution in [0.2, 0.25) is 10.0 Å². The Labute approximate surface area is 202 Å². The molecular formula is C23H24Cl2N6O2. The first-order chi connectivity index (χ1) is 15.9. The van der Waals surface area contributed by atoms with Crippen LogP contribution in [0.15, 0.2) is 42.7 Å². The van der Waals surface area contributed by atoms with Gasteiger partial charge in [0.1, 0.15) is 23.2 Å². The third-order valence-corrected chi connectivity index (χ3v) is 6.19. The summed E-state index contributed by atoms with van der Waals surface area (Å²) in [6.07, 6.45) is 3.13. The molecule has 0 radical (unpaired) electrons. The number of nitrogens with zero attached hydrogens (tertiary/aromatic N) is 4. The maximum Gasteiger partial charge on any atom is 0.232 e. The Morgan fingerprint density at radius 1 is 1.09 bits per heavy atom. The average Bonchev–Trinajstić information content (AvgIpc) is 2.80. The Kier molecular flexibility index (Phi) is 7.15. The molecule has 8 nitrogen and oxygen atoms in total. The molecule has 0 spiro atoms. The number of carbonyl (C=O) groups is 1. The zero-order chi connectivity index (χ0) is 23.4. The van der Waals surface area contributed by atoms with Crippen molar-refractivity contribution in [2.75, 3.05) is 28.6 Å². The van der Waals surface area contributed by atoms with Gasteiger partial charge in [-0.3, -0.25) is 4.79 Å². The molecule has 1 fully saturated rings. The minimum Gasteiger partial charge on any atom is -0.489 e. The number of ether oxygens (including phenoxy) is 1. The predicted octanol–water partition coefficient (Wildman–Crippen LogP) is 5.24. The van der Waals surface area contributed by atoms with E-state index in [-0.39, 0.29) is 12.0 Å². The number of hydrogen-bond donors (Lipinski definition) is 2. The minimum absolute atomic E-state index is 0.0378. The van der Waals surface area contributed by atoms with Crippen molar-refractivity contribution in [3.05, 3.63) is 58.3 Å². The highest BCUT2D eigenvalue weighted by atomic mass is 35.5. The van der Waals surface area contributed by atoms with Crippen molar-refractivity contribution in [1.82, 2.24) is 15.0 Å². The van der Waals surface area contributed by atoms with Crippen LogP contribution in [0.1, 0.15) is 25.3 Å². The maximum atomic E-state index is 11.4. The van der Waals surface area contributed by atoms with E-state index >= 15 is 0 Å². The lowest BCUT2D eigenvalue weighted by molar-refractivity contribution is -0.114. The van der Waals surface area contributed by atoms with Crippen LogP contribution in [-0.4, -0.2) is 40.1 Å². The molecule has 1 saturated heterocycles. The number of rotatable bonds is 6.